The maximum Gasteiger partial charge on any atom is 0.251 e. The molecular formula is C28H38N6O. The first-order valence-corrected chi connectivity index (χ1v) is 13.2. The summed E-state index contributed by atoms with van der Waals surface area (Å²) < 4.78 is 0. The highest BCUT2D eigenvalue weighted by Crippen LogP contribution is 2.37. The molecule has 3 aliphatic rings. The molecule has 1 aromatic carbocycles. The molecule has 1 amide bonds. The number of hydrogen-bond acceptors (Lipinski definition) is 6. The van der Waals surface area contributed by atoms with Crippen LogP contribution >= 0.6 is 0 Å². The molecule has 7 heteroatoms. The van der Waals surface area contributed by atoms with Crippen LogP contribution in [0.1, 0.15) is 69.7 Å². The van der Waals surface area contributed by atoms with Crippen molar-refractivity contribution in [2.45, 2.75) is 64.6 Å². The Balaban J connectivity index is 1.33. The highest BCUT2D eigenvalue weighted by molar-refractivity contribution is 5.85. The molecule has 4 heterocycles. The standard InChI is InChI=1S/C28H38N6O/c1-19(2)18-33-12-8-23(9-13-33)30-28(35)27-26-15-21(6-7-25(26)20(3)31-32-27)22-14-24(17-29-16-22)34-10-4-5-11-34/h6-7,14-17,19-20,23,27H,4-5,8-13,18H2,1-3H3,(H,30,35). The molecule has 1 aromatic heterocycles. The second kappa shape index (κ2) is 10.4. The third-order valence-electron chi connectivity index (χ3n) is 7.52. The van der Waals surface area contributed by atoms with Gasteiger partial charge in [-0.2, -0.15) is 10.2 Å². The van der Waals surface area contributed by atoms with Gasteiger partial charge in [-0.05, 0) is 67.3 Å². The number of benzene rings is 1. The molecule has 2 fully saturated rings. The molecule has 2 atom stereocenters. The lowest BCUT2D eigenvalue weighted by atomic mass is 9.90. The molecular weight excluding hydrogens is 436 g/mol. The molecule has 2 saturated heterocycles. The van der Waals surface area contributed by atoms with E-state index < -0.39 is 6.04 Å². The van der Waals surface area contributed by atoms with Crippen molar-refractivity contribution in [2.24, 2.45) is 16.1 Å². The molecule has 0 bridgehead atoms. The molecule has 0 radical (unpaired) electrons. The monoisotopic (exact) mass is 474 g/mol. The fourth-order valence-electron chi connectivity index (χ4n) is 5.65. The number of likely N-dealkylation sites (tertiary alicyclic amines) is 1. The van der Waals surface area contributed by atoms with E-state index in [0.29, 0.717) is 5.92 Å². The summed E-state index contributed by atoms with van der Waals surface area (Å²) in [5, 5.41) is 12.2. The average Bonchev–Trinajstić information content (AvgIpc) is 3.40. The number of anilines is 1. The van der Waals surface area contributed by atoms with Crippen LogP contribution < -0.4 is 10.2 Å². The zero-order valence-electron chi connectivity index (χ0n) is 21.3. The third-order valence-corrected chi connectivity index (χ3v) is 7.52. The molecule has 0 aliphatic carbocycles. The summed E-state index contributed by atoms with van der Waals surface area (Å²) in [5.41, 5.74) is 5.36. The maximum absolute atomic E-state index is 13.4. The molecule has 186 valence electrons. The number of azo groups is 1. The van der Waals surface area contributed by atoms with Crippen LogP contribution in [0.3, 0.4) is 0 Å². The predicted octanol–water partition coefficient (Wildman–Crippen LogP) is 5.15. The van der Waals surface area contributed by atoms with Crippen molar-refractivity contribution >= 4 is 11.6 Å². The molecule has 7 nitrogen and oxygen atoms in total. The van der Waals surface area contributed by atoms with Gasteiger partial charge in [0.2, 0.25) is 0 Å². The SMILES string of the molecule is CC(C)CN1CCC(NC(=O)C2N=NC(C)c3ccc(-c4cncc(N5CCCC5)c4)cc32)CC1. The van der Waals surface area contributed by atoms with Crippen LogP contribution in [0.15, 0.2) is 46.9 Å². The number of nitrogens with zero attached hydrogens (tertiary/aromatic N) is 5. The van der Waals surface area contributed by atoms with Crippen molar-refractivity contribution in [2.75, 3.05) is 37.6 Å². The van der Waals surface area contributed by atoms with Gasteiger partial charge in [-0.1, -0.05) is 26.0 Å². The average molecular weight is 475 g/mol. The van der Waals surface area contributed by atoms with Crippen molar-refractivity contribution in [1.29, 1.82) is 0 Å². The van der Waals surface area contributed by atoms with Crippen LogP contribution in [0.2, 0.25) is 0 Å². The van der Waals surface area contributed by atoms with Gasteiger partial charge in [0.15, 0.2) is 6.04 Å². The number of carbonyl (C=O) groups excluding carboxylic acids is 1. The second-order valence-electron chi connectivity index (χ2n) is 10.8. The Bertz CT molecular complexity index is 1070. The molecule has 35 heavy (non-hydrogen) atoms. The van der Waals surface area contributed by atoms with E-state index in [0.717, 1.165) is 67.8 Å². The quantitative estimate of drug-likeness (QED) is 0.628. The number of piperidine rings is 1. The van der Waals surface area contributed by atoms with Gasteiger partial charge in [-0.3, -0.25) is 9.78 Å². The van der Waals surface area contributed by atoms with Crippen LogP contribution in [0.25, 0.3) is 11.1 Å². The van der Waals surface area contributed by atoms with Crippen molar-refractivity contribution in [3.8, 4) is 11.1 Å². The molecule has 2 aromatic rings. The summed E-state index contributed by atoms with van der Waals surface area (Å²) in [6.07, 6.45) is 8.31. The summed E-state index contributed by atoms with van der Waals surface area (Å²) in [5.74, 6) is 0.632. The molecule has 1 N–H and O–H groups in total. The molecule has 0 spiro atoms. The summed E-state index contributed by atoms with van der Waals surface area (Å²) >= 11 is 0. The van der Waals surface area contributed by atoms with Gasteiger partial charge in [0.1, 0.15) is 0 Å². The summed E-state index contributed by atoms with van der Waals surface area (Å²) in [4.78, 5) is 22.8. The Morgan fingerprint density at radius 3 is 2.51 bits per heavy atom. The topological polar surface area (TPSA) is 73.2 Å². The number of fused-ring (bicyclic) bond motifs is 1. The highest BCUT2D eigenvalue weighted by Gasteiger charge is 2.31. The number of pyridine rings is 1. The first kappa shape index (κ1) is 23.9. The number of amides is 1. The molecule has 3 aliphatic heterocycles. The van der Waals surface area contributed by atoms with Crippen LogP contribution in [0, 0.1) is 5.92 Å². The number of aromatic nitrogens is 1. The minimum Gasteiger partial charge on any atom is -0.370 e. The van der Waals surface area contributed by atoms with E-state index in [1.807, 2.05) is 19.3 Å². The number of carbonyl (C=O) groups is 1. The lowest BCUT2D eigenvalue weighted by molar-refractivity contribution is -0.123. The number of hydrogen-bond donors (Lipinski definition) is 1. The van der Waals surface area contributed by atoms with Gasteiger partial charge >= 0.3 is 0 Å². The van der Waals surface area contributed by atoms with Crippen molar-refractivity contribution < 1.29 is 4.79 Å². The van der Waals surface area contributed by atoms with Gasteiger partial charge in [0.05, 0.1) is 17.9 Å². The van der Waals surface area contributed by atoms with E-state index in [-0.39, 0.29) is 18.0 Å². The Kier molecular flexibility index (Phi) is 7.14. The zero-order valence-corrected chi connectivity index (χ0v) is 21.3. The third kappa shape index (κ3) is 5.40. The molecule has 5 rings (SSSR count). The van der Waals surface area contributed by atoms with Gasteiger partial charge in [0.25, 0.3) is 5.91 Å². The minimum atomic E-state index is -0.593. The molecule has 0 saturated carbocycles. The lowest BCUT2D eigenvalue weighted by Crippen LogP contribution is -2.46. The van der Waals surface area contributed by atoms with E-state index in [2.05, 4.69) is 68.4 Å². The predicted molar refractivity (Wildman–Crippen MR) is 140 cm³/mol. The maximum atomic E-state index is 13.4. The second-order valence-corrected chi connectivity index (χ2v) is 10.8. The summed E-state index contributed by atoms with van der Waals surface area (Å²) in [7, 11) is 0. The Morgan fingerprint density at radius 1 is 1.00 bits per heavy atom. The Morgan fingerprint density at radius 2 is 1.77 bits per heavy atom. The first-order chi connectivity index (χ1) is 17.0. The van der Waals surface area contributed by atoms with Gasteiger partial charge < -0.3 is 15.1 Å². The summed E-state index contributed by atoms with van der Waals surface area (Å²) in [6, 6.07) is 8.15. The van der Waals surface area contributed by atoms with E-state index in [9.17, 15) is 4.79 Å². The van der Waals surface area contributed by atoms with Gasteiger partial charge in [-0.25, -0.2) is 0 Å². The van der Waals surface area contributed by atoms with E-state index >= 15 is 0 Å². The number of rotatable bonds is 6. The van der Waals surface area contributed by atoms with Crippen molar-refractivity contribution in [3.63, 3.8) is 0 Å². The first-order valence-electron chi connectivity index (χ1n) is 13.2. The lowest BCUT2D eigenvalue weighted by Gasteiger charge is -2.34. The van der Waals surface area contributed by atoms with Gasteiger partial charge in [-0.15, -0.1) is 0 Å². The summed E-state index contributed by atoms with van der Waals surface area (Å²) in [6.45, 7) is 11.9. The smallest absolute Gasteiger partial charge is 0.251 e. The minimum absolute atomic E-state index is 0.0368. The highest BCUT2D eigenvalue weighted by atomic mass is 16.2. The fraction of sp³-hybridized carbons (Fsp3) is 0.571. The number of nitrogens with one attached hydrogen (secondary N) is 1. The van der Waals surface area contributed by atoms with Crippen LogP contribution in [0.5, 0.6) is 0 Å². The van der Waals surface area contributed by atoms with E-state index in [1.165, 1.54) is 18.5 Å². The Labute approximate surface area is 209 Å². The Hall–Kier alpha value is -2.80. The van der Waals surface area contributed by atoms with Crippen LogP contribution in [-0.2, 0) is 4.79 Å². The van der Waals surface area contributed by atoms with Crippen molar-refractivity contribution in [3.05, 3.63) is 47.8 Å². The van der Waals surface area contributed by atoms with Gasteiger partial charge in [0, 0.05) is 50.5 Å². The fourth-order valence-corrected chi connectivity index (χ4v) is 5.65. The van der Waals surface area contributed by atoms with Crippen LogP contribution in [-0.4, -0.2) is 54.6 Å². The van der Waals surface area contributed by atoms with E-state index in [4.69, 9.17) is 0 Å². The largest absolute Gasteiger partial charge is 0.370 e. The van der Waals surface area contributed by atoms with Crippen molar-refractivity contribution in [1.82, 2.24) is 15.2 Å². The van der Waals surface area contributed by atoms with Crippen LogP contribution in [0.4, 0.5) is 5.69 Å². The molecule has 2 unspecified atom stereocenters. The zero-order chi connectivity index (χ0) is 24.4. The van der Waals surface area contributed by atoms with E-state index in [1.54, 1.807) is 0 Å². The normalized spacial score (nSPS) is 23.0.